The van der Waals surface area contributed by atoms with Crippen LogP contribution < -0.4 is 4.72 Å². The second-order valence-electron chi connectivity index (χ2n) is 6.79. The first-order valence-electron chi connectivity index (χ1n) is 9.26. The molecule has 7 nitrogen and oxygen atoms in total. The number of sulfonamides is 1. The fraction of sp³-hybridized carbons (Fsp3) is 0.350. The van der Waals surface area contributed by atoms with Gasteiger partial charge in [-0.3, -0.25) is 19.5 Å². The molecule has 0 fully saturated rings. The SMILES string of the molecule is CCCCC(N=C1NS(=O)(=O)c2ccccc21)C(=O)N(C)Cc1ccncc1. The molecule has 1 aliphatic rings. The Morgan fingerprint density at radius 2 is 1.93 bits per heavy atom. The van der Waals surface area contributed by atoms with Crippen molar-refractivity contribution < 1.29 is 13.2 Å². The highest BCUT2D eigenvalue weighted by molar-refractivity contribution is 7.90. The number of pyridine rings is 1. The normalized spacial score (nSPS) is 17.0. The minimum Gasteiger partial charge on any atom is -0.340 e. The average Bonchev–Trinajstić information content (AvgIpc) is 2.95. The second kappa shape index (κ2) is 8.52. The van der Waals surface area contributed by atoms with E-state index in [0.29, 0.717) is 18.5 Å². The molecule has 1 amide bonds. The molecule has 2 aromatic rings. The lowest BCUT2D eigenvalue weighted by Gasteiger charge is -2.22. The first kappa shape index (κ1) is 20.0. The maximum atomic E-state index is 13.0. The zero-order chi connectivity index (χ0) is 20.1. The summed E-state index contributed by atoms with van der Waals surface area (Å²) < 4.78 is 27.1. The van der Waals surface area contributed by atoms with Crippen LogP contribution in [0.1, 0.15) is 37.3 Å². The third-order valence-corrected chi connectivity index (χ3v) is 6.01. The minimum atomic E-state index is -3.63. The second-order valence-corrected chi connectivity index (χ2v) is 8.44. The van der Waals surface area contributed by atoms with E-state index in [1.807, 2.05) is 19.1 Å². The fourth-order valence-corrected chi connectivity index (χ4v) is 4.36. The average molecular weight is 401 g/mol. The Bertz CT molecular complexity index is 974. The number of carbonyl (C=O) groups excluding carboxylic acids is 1. The highest BCUT2D eigenvalue weighted by atomic mass is 32.2. The zero-order valence-electron chi connectivity index (χ0n) is 16.0. The third-order valence-electron chi connectivity index (χ3n) is 4.61. The van der Waals surface area contributed by atoms with Gasteiger partial charge in [0, 0.05) is 31.5 Å². The Hall–Kier alpha value is -2.74. The van der Waals surface area contributed by atoms with E-state index in [1.165, 1.54) is 0 Å². The maximum absolute atomic E-state index is 13.0. The van der Waals surface area contributed by atoms with Crippen molar-refractivity contribution in [3.05, 3.63) is 59.9 Å². The van der Waals surface area contributed by atoms with Crippen LogP contribution >= 0.6 is 0 Å². The predicted octanol–water partition coefficient (Wildman–Crippen LogP) is 2.34. The van der Waals surface area contributed by atoms with Crippen LogP contribution in [0.3, 0.4) is 0 Å². The van der Waals surface area contributed by atoms with Crippen LogP contribution in [0.15, 0.2) is 58.7 Å². The van der Waals surface area contributed by atoms with Gasteiger partial charge in [-0.2, -0.15) is 0 Å². The number of unbranched alkanes of at least 4 members (excludes halogenated alkanes) is 1. The van der Waals surface area contributed by atoms with Crippen LogP contribution in [0.4, 0.5) is 0 Å². The van der Waals surface area contributed by atoms with E-state index in [9.17, 15) is 13.2 Å². The van der Waals surface area contributed by atoms with Crippen molar-refractivity contribution >= 4 is 21.8 Å². The molecule has 0 saturated heterocycles. The van der Waals surface area contributed by atoms with Gasteiger partial charge in [0.15, 0.2) is 0 Å². The van der Waals surface area contributed by atoms with Crippen molar-refractivity contribution in [2.24, 2.45) is 4.99 Å². The molecule has 1 unspecified atom stereocenters. The molecule has 28 heavy (non-hydrogen) atoms. The standard InChI is InChI=1S/C20H24N4O3S/c1-3-4-8-17(20(25)24(2)14-15-10-12-21-13-11-15)22-19-16-7-5-6-9-18(16)28(26,27)23-19/h5-7,9-13,17H,3-4,8,14H2,1-2H3,(H,22,23). The summed E-state index contributed by atoms with van der Waals surface area (Å²) in [6.45, 7) is 2.49. The molecule has 8 heteroatoms. The van der Waals surface area contributed by atoms with Crippen molar-refractivity contribution in [3.63, 3.8) is 0 Å². The number of aliphatic imine (C=N–C) groups is 1. The smallest absolute Gasteiger partial charge is 0.263 e. The number of aromatic nitrogens is 1. The lowest BCUT2D eigenvalue weighted by Crippen LogP contribution is -2.36. The molecular weight excluding hydrogens is 376 g/mol. The Labute approximate surface area is 165 Å². The summed E-state index contributed by atoms with van der Waals surface area (Å²) in [5, 5.41) is 0. The molecule has 0 saturated carbocycles. The Morgan fingerprint density at radius 1 is 1.21 bits per heavy atom. The van der Waals surface area contributed by atoms with Gasteiger partial charge in [-0.25, -0.2) is 8.42 Å². The summed E-state index contributed by atoms with van der Waals surface area (Å²) in [7, 11) is -1.90. The number of fused-ring (bicyclic) bond motifs is 1. The molecule has 2 heterocycles. The predicted molar refractivity (Wildman–Crippen MR) is 107 cm³/mol. The van der Waals surface area contributed by atoms with Crippen molar-refractivity contribution in [1.82, 2.24) is 14.6 Å². The van der Waals surface area contributed by atoms with Crippen LogP contribution in [-0.2, 0) is 21.4 Å². The van der Waals surface area contributed by atoms with Gasteiger partial charge in [-0.1, -0.05) is 31.9 Å². The van der Waals surface area contributed by atoms with E-state index in [0.717, 1.165) is 18.4 Å². The number of amides is 1. The molecular formula is C20H24N4O3S. The molecule has 0 spiro atoms. The van der Waals surface area contributed by atoms with Gasteiger partial charge in [0.05, 0.1) is 4.90 Å². The largest absolute Gasteiger partial charge is 0.340 e. The van der Waals surface area contributed by atoms with E-state index < -0.39 is 16.1 Å². The molecule has 3 rings (SSSR count). The Balaban J connectivity index is 1.86. The van der Waals surface area contributed by atoms with Gasteiger partial charge in [0.1, 0.15) is 11.9 Å². The van der Waals surface area contributed by atoms with E-state index in [1.54, 1.807) is 48.6 Å². The monoisotopic (exact) mass is 400 g/mol. The van der Waals surface area contributed by atoms with Crippen molar-refractivity contribution in [2.75, 3.05) is 7.05 Å². The van der Waals surface area contributed by atoms with Gasteiger partial charge >= 0.3 is 0 Å². The van der Waals surface area contributed by atoms with Gasteiger partial charge < -0.3 is 4.90 Å². The fourth-order valence-electron chi connectivity index (χ4n) is 3.12. The summed E-state index contributed by atoms with van der Waals surface area (Å²) in [6, 6.07) is 9.75. The van der Waals surface area contributed by atoms with Gasteiger partial charge in [-0.15, -0.1) is 0 Å². The highest BCUT2D eigenvalue weighted by Gasteiger charge is 2.32. The highest BCUT2D eigenvalue weighted by Crippen LogP contribution is 2.23. The van der Waals surface area contributed by atoms with E-state index in [4.69, 9.17) is 0 Å². The molecule has 0 aliphatic carbocycles. The van der Waals surface area contributed by atoms with Crippen molar-refractivity contribution in [1.29, 1.82) is 0 Å². The lowest BCUT2D eigenvalue weighted by atomic mass is 10.1. The summed E-state index contributed by atoms with van der Waals surface area (Å²) in [5.41, 5.74) is 1.48. The summed E-state index contributed by atoms with van der Waals surface area (Å²) in [6.07, 6.45) is 5.68. The van der Waals surface area contributed by atoms with E-state index in [2.05, 4.69) is 14.7 Å². The number of carbonyl (C=O) groups is 1. The van der Waals surface area contributed by atoms with E-state index >= 15 is 0 Å². The van der Waals surface area contributed by atoms with Gasteiger partial charge in [0.25, 0.3) is 10.0 Å². The summed E-state index contributed by atoms with van der Waals surface area (Å²) in [5.74, 6) is 0.101. The van der Waals surface area contributed by atoms with Crippen LogP contribution in [0.25, 0.3) is 0 Å². The molecule has 1 aromatic carbocycles. The molecule has 1 atom stereocenters. The number of hydrogen-bond acceptors (Lipinski definition) is 5. The number of rotatable bonds is 7. The van der Waals surface area contributed by atoms with Crippen LogP contribution in [-0.4, -0.2) is 43.1 Å². The number of amidine groups is 1. The zero-order valence-corrected chi connectivity index (χ0v) is 16.8. The lowest BCUT2D eigenvalue weighted by molar-refractivity contribution is -0.131. The number of likely N-dealkylation sites (N-methyl/N-ethyl adjacent to an activating group) is 1. The molecule has 0 bridgehead atoms. The molecule has 1 aliphatic heterocycles. The first-order chi connectivity index (χ1) is 13.4. The Morgan fingerprint density at radius 3 is 2.64 bits per heavy atom. The van der Waals surface area contributed by atoms with Gasteiger partial charge in [0.2, 0.25) is 5.91 Å². The van der Waals surface area contributed by atoms with Crippen LogP contribution in [0.2, 0.25) is 0 Å². The molecule has 1 aromatic heterocycles. The van der Waals surface area contributed by atoms with Gasteiger partial charge in [-0.05, 0) is 36.2 Å². The minimum absolute atomic E-state index is 0.138. The molecule has 148 valence electrons. The third kappa shape index (κ3) is 4.39. The summed E-state index contributed by atoms with van der Waals surface area (Å²) >= 11 is 0. The van der Waals surface area contributed by atoms with Crippen molar-refractivity contribution in [3.8, 4) is 0 Å². The quantitative estimate of drug-likeness (QED) is 0.772. The van der Waals surface area contributed by atoms with Crippen molar-refractivity contribution in [2.45, 2.75) is 43.7 Å². The molecule has 0 radical (unpaired) electrons. The first-order valence-corrected chi connectivity index (χ1v) is 10.7. The molecule has 1 N–H and O–H groups in total. The number of benzene rings is 1. The van der Waals surface area contributed by atoms with E-state index in [-0.39, 0.29) is 16.6 Å². The summed E-state index contributed by atoms with van der Waals surface area (Å²) in [4.78, 5) is 23.4. The number of nitrogens with one attached hydrogen (secondary N) is 1. The number of hydrogen-bond donors (Lipinski definition) is 1. The van der Waals surface area contributed by atoms with Crippen LogP contribution in [0.5, 0.6) is 0 Å². The Kier molecular flexibility index (Phi) is 6.08. The maximum Gasteiger partial charge on any atom is 0.263 e. The number of nitrogens with zero attached hydrogens (tertiary/aromatic N) is 3. The topological polar surface area (TPSA) is 91.7 Å². The van der Waals surface area contributed by atoms with Crippen LogP contribution in [0, 0.1) is 0 Å².